The van der Waals surface area contributed by atoms with Crippen LogP contribution >= 0.6 is 0 Å². The van der Waals surface area contributed by atoms with Crippen LogP contribution in [0.5, 0.6) is 0 Å². The minimum Gasteiger partial charge on any atom is -0.314 e. The van der Waals surface area contributed by atoms with Crippen molar-refractivity contribution in [2.24, 2.45) is 5.84 Å². The van der Waals surface area contributed by atoms with Gasteiger partial charge in [-0.05, 0) is 12.0 Å². The molecule has 0 unspecified atom stereocenters. The van der Waals surface area contributed by atoms with E-state index in [1.165, 1.54) is 5.56 Å². The number of nitrogens with zero attached hydrogens (tertiary/aromatic N) is 2. The highest BCUT2D eigenvalue weighted by molar-refractivity contribution is 5.17. The molecular formula is C10H12N4O. The van der Waals surface area contributed by atoms with Crippen molar-refractivity contribution in [3.8, 4) is 0 Å². The van der Waals surface area contributed by atoms with Crippen LogP contribution in [0.1, 0.15) is 11.4 Å². The van der Waals surface area contributed by atoms with Crippen molar-refractivity contribution in [2.75, 3.05) is 5.43 Å². The summed E-state index contributed by atoms with van der Waals surface area (Å²) in [6.45, 7) is 0. The molecule has 0 aliphatic rings. The fourth-order valence-corrected chi connectivity index (χ4v) is 1.31. The molecule has 5 nitrogen and oxygen atoms in total. The Hall–Kier alpha value is -1.88. The van der Waals surface area contributed by atoms with Crippen molar-refractivity contribution in [1.29, 1.82) is 0 Å². The van der Waals surface area contributed by atoms with Crippen LogP contribution in [0.2, 0.25) is 0 Å². The predicted molar refractivity (Wildman–Crippen MR) is 56.0 cm³/mol. The van der Waals surface area contributed by atoms with E-state index in [2.05, 4.69) is 27.7 Å². The molecule has 0 atom stereocenters. The smallest absolute Gasteiger partial charge is 0.314 e. The Morgan fingerprint density at radius 2 is 2.00 bits per heavy atom. The van der Waals surface area contributed by atoms with Gasteiger partial charge in [-0.3, -0.25) is 5.43 Å². The maximum atomic E-state index is 5.12. The van der Waals surface area contributed by atoms with Crippen molar-refractivity contribution in [1.82, 2.24) is 10.1 Å². The topological polar surface area (TPSA) is 77.0 Å². The highest BCUT2D eigenvalue weighted by atomic mass is 16.5. The standard InChI is InChI=1S/C10H12N4O/c11-13-10-12-9(14-15-10)7-6-8-4-2-1-3-5-8/h1-5H,6-7,11H2,(H,12,13,14). The number of rotatable bonds is 4. The van der Waals surface area contributed by atoms with Gasteiger partial charge in [0.25, 0.3) is 0 Å². The van der Waals surface area contributed by atoms with Gasteiger partial charge in [-0.1, -0.05) is 35.5 Å². The van der Waals surface area contributed by atoms with Crippen molar-refractivity contribution >= 4 is 6.01 Å². The molecule has 0 saturated carbocycles. The Morgan fingerprint density at radius 1 is 1.20 bits per heavy atom. The molecule has 0 saturated heterocycles. The summed E-state index contributed by atoms with van der Waals surface area (Å²) in [5.74, 6) is 5.78. The molecule has 2 aromatic rings. The Labute approximate surface area is 87.3 Å². The lowest BCUT2D eigenvalue weighted by atomic mass is 10.1. The van der Waals surface area contributed by atoms with Crippen LogP contribution in [0, 0.1) is 0 Å². The molecule has 15 heavy (non-hydrogen) atoms. The zero-order chi connectivity index (χ0) is 10.5. The van der Waals surface area contributed by atoms with Gasteiger partial charge in [0, 0.05) is 6.42 Å². The van der Waals surface area contributed by atoms with E-state index in [0.29, 0.717) is 5.82 Å². The number of hydrogen-bond acceptors (Lipinski definition) is 5. The first-order valence-electron chi connectivity index (χ1n) is 4.71. The monoisotopic (exact) mass is 204 g/mol. The Balaban J connectivity index is 1.93. The summed E-state index contributed by atoms with van der Waals surface area (Å²) < 4.78 is 4.80. The SMILES string of the molecule is NNc1nc(CCc2ccccc2)no1. The minimum atomic E-state index is 0.248. The third-order valence-corrected chi connectivity index (χ3v) is 2.07. The lowest BCUT2D eigenvalue weighted by molar-refractivity contribution is 0.423. The van der Waals surface area contributed by atoms with Crippen LogP contribution in [-0.2, 0) is 12.8 Å². The fraction of sp³-hybridized carbons (Fsp3) is 0.200. The maximum absolute atomic E-state index is 5.12. The molecule has 1 aromatic heterocycles. The molecule has 0 radical (unpaired) electrons. The Bertz CT molecular complexity index is 412. The van der Waals surface area contributed by atoms with E-state index in [-0.39, 0.29) is 6.01 Å². The number of nitrogen functional groups attached to an aromatic ring is 1. The molecule has 0 aliphatic carbocycles. The van der Waals surface area contributed by atoms with Gasteiger partial charge in [0.2, 0.25) is 0 Å². The summed E-state index contributed by atoms with van der Waals surface area (Å²) in [5, 5.41) is 3.77. The molecule has 2 rings (SSSR count). The first-order valence-corrected chi connectivity index (χ1v) is 4.71. The van der Waals surface area contributed by atoms with Gasteiger partial charge >= 0.3 is 6.01 Å². The molecule has 0 aliphatic heterocycles. The number of nitrogens with two attached hydrogens (primary N) is 1. The van der Waals surface area contributed by atoms with Crippen molar-refractivity contribution in [3.05, 3.63) is 41.7 Å². The summed E-state index contributed by atoms with van der Waals surface area (Å²) in [6, 6.07) is 10.4. The molecule has 0 amide bonds. The van der Waals surface area contributed by atoms with Crippen LogP contribution in [0.4, 0.5) is 6.01 Å². The first-order chi connectivity index (χ1) is 7.38. The van der Waals surface area contributed by atoms with Gasteiger partial charge in [-0.2, -0.15) is 4.98 Å². The molecule has 78 valence electrons. The molecule has 3 N–H and O–H groups in total. The molecule has 0 bridgehead atoms. The van der Waals surface area contributed by atoms with Crippen LogP contribution in [-0.4, -0.2) is 10.1 Å². The molecule has 0 fully saturated rings. The van der Waals surface area contributed by atoms with Crippen LogP contribution < -0.4 is 11.3 Å². The largest absolute Gasteiger partial charge is 0.335 e. The molecule has 5 heteroatoms. The summed E-state index contributed by atoms with van der Waals surface area (Å²) in [7, 11) is 0. The summed E-state index contributed by atoms with van der Waals surface area (Å²) in [4.78, 5) is 4.03. The third kappa shape index (κ3) is 2.54. The van der Waals surface area contributed by atoms with Crippen LogP contribution in [0.15, 0.2) is 34.9 Å². The van der Waals surface area contributed by atoms with Gasteiger partial charge in [-0.15, -0.1) is 0 Å². The summed E-state index contributed by atoms with van der Waals surface area (Å²) >= 11 is 0. The highest BCUT2D eigenvalue weighted by Gasteiger charge is 2.04. The van der Waals surface area contributed by atoms with Gasteiger partial charge in [-0.25, -0.2) is 5.84 Å². The highest BCUT2D eigenvalue weighted by Crippen LogP contribution is 2.06. The minimum absolute atomic E-state index is 0.248. The van der Waals surface area contributed by atoms with Crippen molar-refractivity contribution in [3.63, 3.8) is 0 Å². The second-order valence-electron chi connectivity index (χ2n) is 3.15. The van der Waals surface area contributed by atoms with E-state index in [4.69, 9.17) is 10.4 Å². The first kappa shape index (κ1) is 9.67. The van der Waals surface area contributed by atoms with Crippen LogP contribution in [0.3, 0.4) is 0 Å². The normalized spacial score (nSPS) is 10.2. The number of anilines is 1. The number of aromatic nitrogens is 2. The van der Waals surface area contributed by atoms with E-state index in [0.717, 1.165) is 12.8 Å². The van der Waals surface area contributed by atoms with E-state index < -0.39 is 0 Å². The molecular weight excluding hydrogens is 192 g/mol. The zero-order valence-corrected chi connectivity index (χ0v) is 8.18. The fourth-order valence-electron chi connectivity index (χ4n) is 1.31. The quantitative estimate of drug-likeness (QED) is 0.577. The Morgan fingerprint density at radius 3 is 2.67 bits per heavy atom. The van der Waals surface area contributed by atoms with E-state index in [9.17, 15) is 0 Å². The van der Waals surface area contributed by atoms with Gasteiger partial charge in [0.05, 0.1) is 0 Å². The van der Waals surface area contributed by atoms with Gasteiger partial charge in [0.1, 0.15) is 0 Å². The molecule has 1 heterocycles. The van der Waals surface area contributed by atoms with Gasteiger partial charge in [0.15, 0.2) is 5.82 Å². The second kappa shape index (κ2) is 4.56. The van der Waals surface area contributed by atoms with Gasteiger partial charge < -0.3 is 4.52 Å². The number of aryl methyl sites for hydroxylation is 2. The number of hydrogen-bond donors (Lipinski definition) is 2. The molecule has 0 spiro atoms. The van der Waals surface area contributed by atoms with E-state index >= 15 is 0 Å². The summed E-state index contributed by atoms with van der Waals surface area (Å²) in [5.41, 5.74) is 3.56. The molecule has 1 aromatic carbocycles. The summed E-state index contributed by atoms with van der Waals surface area (Å²) in [6.07, 6.45) is 1.64. The second-order valence-corrected chi connectivity index (χ2v) is 3.15. The zero-order valence-electron chi connectivity index (χ0n) is 8.18. The van der Waals surface area contributed by atoms with E-state index in [1.807, 2.05) is 18.2 Å². The average Bonchev–Trinajstić information content (AvgIpc) is 2.76. The van der Waals surface area contributed by atoms with E-state index in [1.54, 1.807) is 0 Å². The lowest BCUT2D eigenvalue weighted by Gasteiger charge is -1.96. The number of nitrogens with one attached hydrogen (secondary N) is 1. The maximum Gasteiger partial charge on any atom is 0.335 e. The van der Waals surface area contributed by atoms with Crippen molar-refractivity contribution in [2.45, 2.75) is 12.8 Å². The Kier molecular flexibility index (Phi) is 2.94. The third-order valence-electron chi connectivity index (χ3n) is 2.07. The van der Waals surface area contributed by atoms with Crippen molar-refractivity contribution < 1.29 is 4.52 Å². The number of benzene rings is 1. The van der Waals surface area contributed by atoms with Crippen LogP contribution in [0.25, 0.3) is 0 Å². The predicted octanol–water partition coefficient (Wildman–Crippen LogP) is 1.14. The average molecular weight is 204 g/mol. The number of hydrazine groups is 1. The lowest BCUT2D eigenvalue weighted by Crippen LogP contribution is -2.06.